The van der Waals surface area contributed by atoms with Crippen molar-refractivity contribution in [3.63, 3.8) is 0 Å². The zero-order valence-electron chi connectivity index (χ0n) is 9.57. The summed E-state index contributed by atoms with van der Waals surface area (Å²) in [6, 6.07) is 0. The van der Waals surface area contributed by atoms with Gasteiger partial charge in [-0.25, -0.2) is 0 Å². The van der Waals surface area contributed by atoms with Crippen LogP contribution >= 0.6 is 0 Å². The molecule has 0 radical (unpaired) electrons. The van der Waals surface area contributed by atoms with Gasteiger partial charge in [0.2, 0.25) is 5.91 Å². The van der Waals surface area contributed by atoms with E-state index in [0.29, 0.717) is 17.9 Å². The number of amides is 1. The molecule has 1 saturated heterocycles. The van der Waals surface area contributed by atoms with Crippen molar-refractivity contribution in [2.75, 3.05) is 19.7 Å². The fourth-order valence-corrected chi connectivity index (χ4v) is 1.74. The van der Waals surface area contributed by atoms with E-state index < -0.39 is 37.2 Å². The van der Waals surface area contributed by atoms with Gasteiger partial charge in [0.05, 0.1) is 12.5 Å². The van der Waals surface area contributed by atoms with Crippen LogP contribution in [0.3, 0.4) is 0 Å². The molecule has 8 heteroatoms. The highest BCUT2D eigenvalue weighted by Crippen LogP contribution is 2.20. The monoisotopic (exact) mass is 269 g/mol. The topological polar surface area (TPSA) is 66.8 Å². The van der Waals surface area contributed by atoms with Gasteiger partial charge in [0.15, 0.2) is 0 Å². The number of alkyl halides is 3. The summed E-state index contributed by atoms with van der Waals surface area (Å²) in [5, 5.41) is 8.50. The largest absolute Gasteiger partial charge is 0.480 e. The average Bonchev–Trinajstić information content (AvgIpc) is 2.66. The summed E-state index contributed by atoms with van der Waals surface area (Å²) < 4.78 is 41.8. The number of rotatable bonds is 5. The second kappa shape index (κ2) is 6.03. The molecule has 0 saturated carbocycles. The molecule has 0 aromatic carbocycles. The van der Waals surface area contributed by atoms with Crippen molar-refractivity contribution in [3.05, 3.63) is 0 Å². The first-order valence-electron chi connectivity index (χ1n) is 5.46. The number of carboxylic acids is 1. The van der Waals surface area contributed by atoms with E-state index in [1.807, 2.05) is 0 Å². The number of halogens is 3. The minimum absolute atomic E-state index is 0.205. The number of hydrogen-bond acceptors (Lipinski definition) is 3. The molecular weight excluding hydrogens is 255 g/mol. The minimum Gasteiger partial charge on any atom is -0.480 e. The highest BCUT2D eigenvalue weighted by atomic mass is 19.4. The molecular formula is C10H14F3NO4. The van der Waals surface area contributed by atoms with Crippen molar-refractivity contribution < 1.29 is 32.6 Å². The first-order valence-corrected chi connectivity index (χ1v) is 5.46. The van der Waals surface area contributed by atoms with Crippen LogP contribution in [0.5, 0.6) is 0 Å². The van der Waals surface area contributed by atoms with Crippen LogP contribution in [0.4, 0.5) is 13.2 Å². The second-order valence-corrected chi connectivity index (χ2v) is 4.10. The molecule has 1 atom stereocenters. The number of nitrogens with zero attached hydrogens (tertiary/aromatic N) is 1. The van der Waals surface area contributed by atoms with Crippen LogP contribution in [0.25, 0.3) is 0 Å². The van der Waals surface area contributed by atoms with E-state index in [-0.39, 0.29) is 6.42 Å². The Labute approximate surface area is 102 Å². The SMILES string of the molecule is O=C(O)CN(CC(F)(F)F)C(=O)CC1CCCO1. The molecule has 1 heterocycles. The molecule has 1 rings (SSSR count). The van der Waals surface area contributed by atoms with Gasteiger partial charge >= 0.3 is 12.1 Å². The van der Waals surface area contributed by atoms with Crippen LogP contribution in [0.1, 0.15) is 19.3 Å². The lowest BCUT2D eigenvalue weighted by molar-refractivity contribution is -0.166. The van der Waals surface area contributed by atoms with Gasteiger partial charge in [-0.15, -0.1) is 0 Å². The number of carbonyl (C=O) groups is 2. The van der Waals surface area contributed by atoms with Gasteiger partial charge in [0.1, 0.15) is 13.1 Å². The summed E-state index contributed by atoms with van der Waals surface area (Å²) in [5.74, 6) is -2.32. The van der Waals surface area contributed by atoms with Crippen molar-refractivity contribution in [1.82, 2.24) is 4.90 Å². The first-order chi connectivity index (χ1) is 8.28. The normalized spacial score (nSPS) is 19.8. The fraction of sp³-hybridized carbons (Fsp3) is 0.800. The Hall–Kier alpha value is -1.31. The van der Waals surface area contributed by atoms with Crippen LogP contribution in [0.2, 0.25) is 0 Å². The molecule has 0 aromatic rings. The van der Waals surface area contributed by atoms with Gasteiger partial charge < -0.3 is 14.7 Å². The van der Waals surface area contributed by atoms with Gasteiger partial charge in [0.25, 0.3) is 0 Å². The molecule has 0 aromatic heterocycles. The summed E-state index contributed by atoms with van der Waals surface area (Å²) in [6.07, 6.45) is -3.85. The lowest BCUT2D eigenvalue weighted by Gasteiger charge is -2.23. The smallest absolute Gasteiger partial charge is 0.406 e. The Bertz CT molecular complexity index is 313. The van der Waals surface area contributed by atoms with Gasteiger partial charge in [-0.05, 0) is 12.8 Å². The van der Waals surface area contributed by atoms with Crippen molar-refractivity contribution in [2.45, 2.75) is 31.5 Å². The predicted molar refractivity (Wildman–Crippen MR) is 53.9 cm³/mol. The van der Waals surface area contributed by atoms with Gasteiger partial charge in [-0.1, -0.05) is 0 Å². The van der Waals surface area contributed by atoms with Crippen LogP contribution < -0.4 is 0 Å². The lowest BCUT2D eigenvalue weighted by atomic mass is 10.1. The van der Waals surface area contributed by atoms with Gasteiger partial charge in [0, 0.05) is 6.61 Å². The summed E-state index contributed by atoms with van der Waals surface area (Å²) in [4.78, 5) is 22.3. The Morgan fingerprint density at radius 2 is 2.06 bits per heavy atom. The quantitative estimate of drug-likeness (QED) is 0.809. The van der Waals surface area contributed by atoms with Crippen LogP contribution in [-0.2, 0) is 14.3 Å². The van der Waals surface area contributed by atoms with Crippen molar-refractivity contribution in [2.24, 2.45) is 0 Å². The molecule has 1 N–H and O–H groups in total. The summed E-state index contributed by atoms with van der Waals surface area (Å²) in [5.41, 5.74) is 0. The molecule has 18 heavy (non-hydrogen) atoms. The van der Waals surface area contributed by atoms with Crippen LogP contribution in [0, 0.1) is 0 Å². The maximum Gasteiger partial charge on any atom is 0.406 e. The number of hydrogen-bond donors (Lipinski definition) is 1. The number of aliphatic carboxylic acids is 1. The number of carbonyl (C=O) groups excluding carboxylic acids is 1. The zero-order chi connectivity index (χ0) is 13.8. The molecule has 1 aliphatic rings. The number of carboxylic acid groups (broad SMARTS) is 1. The summed E-state index contributed by atoms with van der Waals surface area (Å²) >= 11 is 0. The maximum absolute atomic E-state index is 12.2. The molecule has 1 amide bonds. The van der Waals surface area contributed by atoms with Gasteiger partial charge in [-0.2, -0.15) is 13.2 Å². The highest BCUT2D eigenvalue weighted by Gasteiger charge is 2.34. The van der Waals surface area contributed by atoms with Crippen LogP contribution in [0.15, 0.2) is 0 Å². The van der Waals surface area contributed by atoms with Crippen molar-refractivity contribution in [3.8, 4) is 0 Å². The maximum atomic E-state index is 12.2. The third-order valence-electron chi connectivity index (χ3n) is 2.48. The Balaban J connectivity index is 2.56. The third kappa shape index (κ3) is 5.35. The standard InChI is InChI=1S/C10H14F3NO4/c11-10(12,13)6-14(5-9(16)17)8(15)4-7-2-1-3-18-7/h7H,1-6H2,(H,16,17). The predicted octanol–water partition coefficient (Wildman–Crippen LogP) is 1.03. The number of ether oxygens (including phenoxy) is 1. The minimum atomic E-state index is -4.61. The fourth-order valence-electron chi connectivity index (χ4n) is 1.74. The molecule has 1 aliphatic heterocycles. The Kier molecular flexibility index (Phi) is 4.94. The summed E-state index contributed by atoms with van der Waals surface area (Å²) in [7, 11) is 0. The van der Waals surface area contributed by atoms with Gasteiger partial charge in [-0.3, -0.25) is 9.59 Å². The Morgan fingerprint density at radius 3 is 2.50 bits per heavy atom. The molecule has 0 aliphatic carbocycles. The zero-order valence-corrected chi connectivity index (χ0v) is 9.57. The lowest BCUT2D eigenvalue weighted by Crippen LogP contribution is -2.43. The highest BCUT2D eigenvalue weighted by molar-refractivity contribution is 5.81. The molecule has 0 bridgehead atoms. The van der Waals surface area contributed by atoms with E-state index in [2.05, 4.69) is 0 Å². The first kappa shape index (κ1) is 14.7. The van der Waals surface area contributed by atoms with E-state index in [9.17, 15) is 22.8 Å². The molecule has 1 fully saturated rings. The Morgan fingerprint density at radius 1 is 1.39 bits per heavy atom. The average molecular weight is 269 g/mol. The van der Waals surface area contributed by atoms with E-state index in [4.69, 9.17) is 9.84 Å². The van der Waals surface area contributed by atoms with E-state index in [0.717, 1.165) is 6.42 Å². The summed E-state index contributed by atoms with van der Waals surface area (Å²) in [6.45, 7) is -2.02. The van der Waals surface area contributed by atoms with E-state index in [1.165, 1.54) is 0 Å². The second-order valence-electron chi connectivity index (χ2n) is 4.10. The molecule has 1 unspecified atom stereocenters. The third-order valence-corrected chi connectivity index (χ3v) is 2.48. The van der Waals surface area contributed by atoms with E-state index >= 15 is 0 Å². The van der Waals surface area contributed by atoms with Crippen molar-refractivity contribution in [1.29, 1.82) is 0 Å². The molecule has 104 valence electrons. The van der Waals surface area contributed by atoms with Crippen LogP contribution in [-0.4, -0.2) is 53.9 Å². The van der Waals surface area contributed by atoms with E-state index in [1.54, 1.807) is 0 Å². The van der Waals surface area contributed by atoms with Crippen molar-refractivity contribution >= 4 is 11.9 Å². The molecule has 0 spiro atoms. The molecule has 5 nitrogen and oxygen atoms in total.